The fourth-order valence-electron chi connectivity index (χ4n) is 3.27. The summed E-state index contributed by atoms with van der Waals surface area (Å²) in [7, 11) is 0. The van der Waals surface area contributed by atoms with Gasteiger partial charge in [0.1, 0.15) is 0 Å². The van der Waals surface area contributed by atoms with Crippen molar-refractivity contribution in [1.29, 1.82) is 0 Å². The van der Waals surface area contributed by atoms with E-state index >= 15 is 0 Å². The van der Waals surface area contributed by atoms with Gasteiger partial charge in [-0.1, -0.05) is 30.3 Å². The molecule has 0 bridgehead atoms. The van der Waals surface area contributed by atoms with E-state index in [4.69, 9.17) is 4.74 Å². The van der Waals surface area contributed by atoms with E-state index in [2.05, 4.69) is 29.2 Å². The molecule has 0 spiro atoms. The maximum absolute atomic E-state index is 12.3. The molecule has 4 heteroatoms. The summed E-state index contributed by atoms with van der Waals surface area (Å²) in [5.74, 6) is 0.982. The smallest absolute Gasteiger partial charge is 0.236 e. The lowest BCUT2D eigenvalue weighted by molar-refractivity contribution is -0.136. The first-order valence-corrected chi connectivity index (χ1v) is 8.43. The number of rotatable bonds is 6. The molecule has 1 aromatic rings. The second-order valence-electron chi connectivity index (χ2n) is 6.41. The van der Waals surface area contributed by atoms with Gasteiger partial charge < -0.3 is 9.64 Å². The normalized spacial score (nSPS) is 23.2. The number of amides is 1. The van der Waals surface area contributed by atoms with Crippen LogP contribution in [0, 0.1) is 5.92 Å². The molecule has 1 atom stereocenters. The maximum atomic E-state index is 12.3. The average Bonchev–Trinajstić information content (AvgIpc) is 3.06. The van der Waals surface area contributed by atoms with Crippen molar-refractivity contribution in [2.75, 3.05) is 45.9 Å². The van der Waals surface area contributed by atoms with Gasteiger partial charge in [-0.2, -0.15) is 0 Å². The maximum Gasteiger partial charge on any atom is 0.236 e. The molecule has 2 heterocycles. The molecule has 2 aliphatic heterocycles. The molecule has 2 saturated heterocycles. The molecule has 0 N–H and O–H groups in total. The van der Waals surface area contributed by atoms with Crippen LogP contribution >= 0.6 is 0 Å². The van der Waals surface area contributed by atoms with Crippen molar-refractivity contribution >= 4 is 5.91 Å². The Morgan fingerprint density at radius 1 is 1.14 bits per heavy atom. The van der Waals surface area contributed by atoms with Crippen LogP contribution in [0.25, 0.3) is 0 Å². The van der Waals surface area contributed by atoms with Crippen LogP contribution < -0.4 is 0 Å². The van der Waals surface area contributed by atoms with Gasteiger partial charge in [-0.3, -0.25) is 9.69 Å². The highest BCUT2D eigenvalue weighted by molar-refractivity contribution is 5.79. The van der Waals surface area contributed by atoms with Crippen molar-refractivity contribution < 1.29 is 9.53 Å². The summed E-state index contributed by atoms with van der Waals surface area (Å²) in [6.45, 7) is 6.16. The molecule has 0 unspecified atom stereocenters. The summed E-state index contributed by atoms with van der Waals surface area (Å²) in [5, 5.41) is 0. The first-order valence-electron chi connectivity index (χ1n) is 8.43. The molecule has 3 rings (SSSR count). The average molecular weight is 302 g/mol. The van der Waals surface area contributed by atoms with Crippen LogP contribution in [-0.4, -0.2) is 61.6 Å². The Morgan fingerprint density at radius 3 is 2.73 bits per heavy atom. The van der Waals surface area contributed by atoms with Crippen molar-refractivity contribution in [2.24, 2.45) is 5.92 Å². The molecule has 1 aromatic carbocycles. The molecule has 0 aromatic heterocycles. The summed E-state index contributed by atoms with van der Waals surface area (Å²) < 4.78 is 5.42. The van der Waals surface area contributed by atoms with Crippen LogP contribution in [0.1, 0.15) is 18.4 Å². The summed E-state index contributed by atoms with van der Waals surface area (Å²) >= 11 is 0. The largest absolute Gasteiger partial charge is 0.381 e. The molecule has 2 fully saturated rings. The third kappa shape index (κ3) is 4.31. The van der Waals surface area contributed by atoms with Gasteiger partial charge in [-0.15, -0.1) is 0 Å². The molecule has 120 valence electrons. The quantitative estimate of drug-likeness (QED) is 0.803. The fourth-order valence-corrected chi connectivity index (χ4v) is 3.27. The topological polar surface area (TPSA) is 32.8 Å². The molecule has 0 aliphatic carbocycles. The van der Waals surface area contributed by atoms with Crippen molar-refractivity contribution in [3.8, 4) is 0 Å². The third-order valence-electron chi connectivity index (χ3n) is 4.79. The Morgan fingerprint density at radius 2 is 2.00 bits per heavy atom. The third-order valence-corrected chi connectivity index (χ3v) is 4.79. The standard InChI is InChI=1S/C18H26N2O2/c21-18-14-19(9-6-17-8-13-22-15-17)11-12-20(18)10-7-16-4-2-1-3-5-16/h1-5,17H,6-15H2/t17-/m1/s1. The number of benzene rings is 1. The zero-order valence-electron chi connectivity index (χ0n) is 13.2. The van der Waals surface area contributed by atoms with Crippen molar-refractivity contribution in [1.82, 2.24) is 9.80 Å². The molecule has 0 radical (unpaired) electrons. The van der Waals surface area contributed by atoms with E-state index in [1.807, 2.05) is 11.0 Å². The Bertz CT molecular complexity index is 471. The van der Waals surface area contributed by atoms with Gasteiger partial charge in [0.15, 0.2) is 0 Å². The van der Waals surface area contributed by atoms with Crippen molar-refractivity contribution in [3.05, 3.63) is 35.9 Å². The predicted molar refractivity (Wildman–Crippen MR) is 86.7 cm³/mol. The van der Waals surface area contributed by atoms with Crippen LogP contribution in [-0.2, 0) is 16.0 Å². The van der Waals surface area contributed by atoms with Crippen LogP contribution in [0.5, 0.6) is 0 Å². The number of hydrogen-bond donors (Lipinski definition) is 0. The number of hydrogen-bond acceptors (Lipinski definition) is 3. The van der Waals surface area contributed by atoms with Gasteiger partial charge in [0.2, 0.25) is 5.91 Å². The van der Waals surface area contributed by atoms with Gasteiger partial charge in [0.05, 0.1) is 6.54 Å². The lowest BCUT2D eigenvalue weighted by Gasteiger charge is -2.34. The number of nitrogens with zero attached hydrogens (tertiary/aromatic N) is 2. The number of carbonyl (C=O) groups excluding carboxylic acids is 1. The van der Waals surface area contributed by atoms with E-state index in [9.17, 15) is 4.79 Å². The molecule has 22 heavy (non-hydrogen) atoms. The minimum atomic E-state index is 0.282. The van der Waals surface area contributed by atoms with Gasteiger partial charge in [0.25, 0.3) is 0 Å². The Kier molecular flexibility index (Phi) is 5.46. The van der Waals surface area contributed by atoms with Gasteiger partial charge in [-0.05, 0) is 37.3 Å². The highest BCUT2D eigenvalue weighted by Crippen LogP contribution is 2.17. The second kappa shape index (κ2) is 7.75. The Labute approximate surface area is 133 Å². The Hall–Kier alpha value is -1.39. The van der Waals surface area contributed by atoms with E-state index in [-0.39, 0.29) is 5.91 Å². The first kappa shape index (κ1) is 15.5. The number of carbonyl (C=O) groups is 1. The van der Waals surface area contributed by atoms with E-state index in [0.29, 0.717) is 12.5 Å². The van der Waals surface area contributed by atoms with Crippen molar-refractivity contribution in [3.63, 3.8) is 0 Å². The van der Waals surface area contributed by atoms with Gasteiger partial charge in [0, 0.05) is 32.8 Å². The fraction of sp³-hybridized carbons (Fsp3) is 0.611. The SMILES string of the molecule is O=C1CN(CC[C@@H]2CCOC2)CCN1CCc1ccccc1. The van der Waals surface area contributed by atoms with Crippen LogP contribution in [0.15, 0.2) is 30.3 Å². The van der Waals surface area contributed by atoms with Crippen LogP contribution in [0.4, 0.5) is 0 Å². The molecule has 1 amide bonds. The van der Waals surface area contributed by atoms with E-state index in [0.717, 1.165) is 52.2 Å². The monoisotopic (exact) mass is 302 g/mol. The molecule has 0 saturated carbocycles. The zero-order valence-corrected chi connectivity index (χ0v) is 13.2. The second-order valence-corrected chi connectivity index (χ2v) is 6.41. The minimum absolute atomic E-state index is 0.282. The zero-order chi connectivity index (χ0) is 15.2. The highest BCUT2D eigenvalue weighted by atomic mass is 16.5. The van der Waals surface area contributed by atoms with Gasteiger partial charge >= 0.3 is 0 Å². The molecule has 4 nitrogen and oxygen atoms in total. The predicted octanol–water partition coefficient (Wildman–Crippen LogP) is 1.80. The van der Waals surface area contributed by atoms with Crippen molar-refractivity contribution in [2.45, 2.75) is 19.3 Å². The number of ether oxygens (including phenoxy) is 1. The first-order chi connectivity index (χ1) is 10.8. The molecule has 2 aliphatic rings. The summed E-state index contributed by atoms with van der Waals surface area (Å²) in [6.07, 6.45) is 3.30. The molecular formula is C18H26N2O2. The van der Waals surface area contributed by atoms with Gasteiger partial charge in [-0.25, -0.2) is 0 Å². The van der Waals surface area contributed by atoms with E-state index in [1.54, 1.807) is 0 Å². The van der Waals surface area contributed by atoms with Crippen LogP contribution in [0.2, 0.25) is 0 Å². The lowest BCUT2D eigenvalue weighted by atomic mass is 10.0. The lowest BCUT2D eigenvalue weighted by Crippen LogP contribution is -2.51. The summed E-state index contributed by atoms with van der Waals surface area (Å²) in [4.78, 5) is 16.6. The minimum Gasteiger partial charge on any atom is -0.381 e. The molecular weight excluding hydrogens is 276 g/mol. The van der Waals surface area contributed by atoms with Crippen LogP contribution in [0.3, 0.4) is 0 Å². The summed E-state index contributed by atoms with van der Waals surface area (Å²) in [6, 6.07) is 10.4. The van der Waals surface area contributed by atoms with E-state index in [1.165, 1.54) is 12.0 Å². The Balaban J connectivity index is 1.39. The summed E-state index contributed by atoms with van der Waals surface area (Å²) in [5.41, 5.74) is 1.30. The van der Waals surface area contributed by atoms with E-state index < -0.39 is 0 Å². The highest BCUT2D eigenvalue weighted by Gasteiger charge is 2.24. The number of piperazine rings is 1.